The normalized spacial score (nSPS) is 20.7. The van der Waals surface area contributed by atoms with E-state index in [0.717, 1.165) is 0 Å². The molecular formula is C25H34N6O7S2. The van der Waals surface area contributed by atoms with Gasteiger partial charge in [-0.3, -0.25) is 0 Å². The molecule has 2 unspecified atom stereocenters. The van der Waals surface area contributed by atoms with Crippen LogP contribution in [0.4, 0.5) is 0 Å². The number of fused-ring (bicyclic) bond motifs is 1. The van der Waals surface area contributed by atoms with Gasteiger partial charge in [0.2, 0.25) is 20.0 Å². The highest BCUT2D eigenvalue weighted by Crippen LogP contribution is 2.37. The van der Waals surface area contributed by atoms with E-state index in [1.807, 2.05) is 0 Å². The average Bonchev–Trinajstić information content (AvgIpc) is 3.52. The first-order chi connectivity index (χ1) is 19.0. The number of aromatic nitrogens is 3. The number of aryl methyl sites for hydroxylation is 1. The van der Waals surface area contributed by atoms with Crippen molar-refractivity contribution >= 4 is 31.2 Å². The maximum Gasteiger partial charge on any atom is 0.244 e. The summed E-state index contributed by atoms with van der Waals surface area (Å²) < 4.78 is 65.9. The number of imidazole rings is 1. The molecule has 0 amide bonds. The number of aliphatic hydroxyl groups is 1. The fourth-order valence-corrected chi connectivity index (χ4v) is 7.33. The van der Waals surface area contributed by atoms with E-state index < -0.39 is 31.8 Å². The van der Waals surface area contributed by atoms with Gasteiger partial charge in [0.25, 0.3) is 0 Å². The van der Waals surface area contributed by atoms with Crippen LogP contribution in [0.5, 0.6) is 5.75 Å². The summed E-state index contributed by atoms with van der Waals surface area (Å²) in [5, 5.41) is 13.7. The van der Waals surface area contributed by atoms with Crippen LogP contribution < -0.4 is 14.8 Å². The molecule has 40 heavy (non-hydrogen) atoms. The van der Waals surface area contributed by atoms with Crippen LogP contribution in [0.3, 0.4) is 0 Å². The summed E-state index contributed by atoms with van der Waals surface area (Å²) >= 11 is 0. The monoisotopic (exact) mass is 594 g/mol. The van der Waals surface area contributed by atoms with Crippen molar-refractivity contribution in [3.8, 4) is 5.75 Å². The Labute approximate surface area is 233 Å². The van der Waals surface area contributed by atoms with Gasteiger partial charge in [0.15, 0.2) is 5.65 Å². The third-order valence-electron chi connectivity index (χ3n) is 7.38. The number of hydrogen-bond acceptors (Lipinski definition) is 10. The van der Waals surface area contributed by atoms with Gasteiger partial charge >= 0.3 is 0 Å². The molecule has 3 aromatic rings. The molecule has 2 saturated heterocycles. The Hall–Kier alpha value is -2.66. The minimum absolute atomic E-state index is 0.0112. The standard InChI is InChI=1S/C25H34N6O7S2/c1-17-29-23-11-22(14-28-24(23)30-17)40(35,36)31-8-6-25(7-9-31)12-18(15-38-25)27-13-19(32)16-37-20-4-3-5-21(10-20)39(33,34)26-2/h3-5,10-11,14,18-19,26-27,32H,6-9,12-13,15-16H2,1-2H3,(H,28,29,30). The van der Waals surface area contributed by atoms with E-state index >= 15 is 0 Å². The fourth-order valence-electron chi connectivity index (χ4n) is 5.15. The first kappa shape index (κ1) is 28.9. The van der Waals surface area contributed by atoms with Crippen LogP contribution in [0.15, 0.2) is 46.3 Å². The Balaban J connectivity index is 1.09. The van der Waals surface area contributed by atoms with Gasteiger partial charge < -0.3 is 24.9 Å². The van der Waals surface area contributed by atoms with Crippen molar-refractivity contribution in [3.05, 3.63) is 42.4 Å². The van der Waals surface area contributed by atoms with E-state index in [-0.39, 0.29) is 29.0 Å². The Morgan fingerprint density at radius 3 is 2.75 bits per heavy atom. The number of piperidine rings is 1. The maximum absolute atomic E-state index is 13.3. The molecule has 4 N–H and O–H groups in total. The number of hydrogen-bond donors (Lipinski definition) is 4. The molecule has 15 heteroatoms. The van der Waals surface area contributed by atoms with E-state index in [1.54, 1.807) is 25.1 Å². The smallest absolute Gasteiger partial charge is 0.244 e. The first-order valence-electron chi connectivity index (χ1n) is 13.0. The maximum atomic E-state index is 13.3. The molecule has 4 heterocycles. The number of rotatable bonds is 10. The summed E-state index contributed by atoms with van der Waals surface area (Å²) in [6.07, 6.45) is 2.38. The molecule has 5 rings (SSSR count). The summed E-state index contributed by atoms with van der Waals surface area (Å²) in [6.45, 7) is 3.19. The molecule has 2 aliphatic heterocycles. The van der Waals surface area contributed by atoms with Crippen molar-refractivity contribution in [2.24, 2.45) is 0 Å². The lowest BCUT2D eigenvalue weighted by Crippen LogP contribution is -2.47. The molecule has 218 valence electrons. The lowest BCUT2D eigenvalue weighted by Gasteiger charge is -2.38. The molecule has 1 aromatic carbocycles. The third kappa shape index (κ3) is 6.15. The lowest BCUT2D eigenvalue weighted by atomic mass is 9.88. The Bertz CT molecular complexity index is 1570. The summed E-state index contributed by atoms with van der Waals surface area (Å²) in [4.78, 5) is 11.7. The molecule has 2 atom stereocenters. The highest BCUT2D eigenvalue weighted by molar-refractivity contribution is 7.89. The average molecular weight is 595 g/mol. The molecule has 0 radical (unpaired) electrons. The number of H-pyrrole nitrogens is 1. The molecule has 2 aliphatic rings. The van der Waals surface area contributed by atoms with E-state index in [0.29, 0.717) is 61.7 Å². The highest BCUT2D eigenvalue weighted by atomic mass is 32.2. The molecule has 1 spiro atoms. The van der Waals surface area contributed by atoms with Crippen molar-refractivity contribution in [2.75, 3.05) is 39.9 Å². The number of ether oxygens (including phenoxy) is 2. The molecule has 2 fully saturated rings. The number of benzene rings is 1. The Morgan fingerprint density at radius 1 is 1.23 bits per heavy atom. The predicted molar refractivity (Wildman–Crippen MR) is 146 cm³/mol. The topological polar surface area (TPSA) is 176 Å². The van der Waals surface area contributed by atoms with E-state index in [4.69, 9.17) is 9.47 Å². The van der Waals surface area contributed by atoms with Crippen molar-refractivity contribution in [1.29, 1.82) is 0 Å². The predicted octanol–water partition coefficient (Wildman–Crippen LogP) is 0.516. The second-order valence-corrected chi connectivity index (χ2v) is 14.0. The Kier molecular flexibility index (Phi) is 8.16. The van der Waals surface area contributed by atoms with Crippen molar-refractivity contribution in [2.45, 2.75) is 53.7 Å². The van der Waals surface area contributed by atoms with Crippen LogP contribution in [-0.4, -0.2) is 98.8 Å². The van der Waals surface area contributed by atoms with Crippen molar-refractivity contribution in [3.63, 3.8) is 0 Å². The van der Waals surface area contributed by atoms with Crippen molar-refractivity contribution < 1.29 is 31.4 Å². The Morgan fingerprint density at radius 2 is 2.00 bits per heavy atom. The van der Waals surface area contributed by atoms with Gasteiger partial charge in [0, 0.05) is 37.9 Å². The molecule has 0 bridgehead atoms. The van der Waals surface area contributed by atoms with Gasteiger partial charge in [-0.15, -0.1) is 0 Å². The molecule has 0 saturated carbocycles. The molecule has 13 nitrogen and oxygen atoms in total. The largest absolute Gasteiger partial charge is 0.491 e. The molecule has 2 aromatic heterocycles. The van der Waals surface area contributed by atoms with Gasteiger partial charge in [-0.25, -0.2) is 31.5 Å². The second kappa shape index (κ2) is 11.3. The number of nitrogens with one attached hydrogen (secondary N) is 3. The SMILES string of the molecule is CNS(=O)(=O)c1cccc(OCC(O)CNC2COC3(CCN(S(=O)(=O)c4cnc5nc(C)[nH]c5c4)CC3)C2)c1. The summed E-state index contributed by atoms with van der Waals surface area (Å²) in [7, 11) is -5.95. The number of sulfonamides is 2. The molecule has 0 aliphatic carbocycles. The number of nitrogens with zero attached hydrogens (tertiary/aromatic N) is 3. The van der Waals surface area contributed by atoms with Gasteiger partial charge in [-0.05, 0) is 51.4 Å². The van der Waals surface area contributed by atoms with Crippen LogP contribution in [0, 0.1) is 6.92 Å². The van der Waals surface area contributed by atoms with E-state index in [1.165, 1.54) is 29.7 Å². The van der Waals surface area contributed by atoms with Crippen LogP contribution >= 0.6 is 0 Å². The van der Waals surface area contributed by atoms with Gasteiger partial charge in [-0.2, -0.15) is 4.31 Å². The van der Waals surface area contributed by atoms with Crippen LogP contribution in [0.2, 0.25) is 0 Å². The third-order valence-corrected chi connectivity index (χ3v) is 10.7. The summed E-state index contributed by atoms with van der Waals surface area (Å²) in [5.41, 5.74) is 0.660. The summed E-state index contributed by atoms with van der Waals surface area (Å²) in [6, 6.07) is 7.65. The minimum atomic E-state index is -3.70. The number of aromatic amines is 1. The first-order valence-corrected chi connectivity index (χ1v) is 16.0. The molecular weight excluding hydrogens is 560 g/mol. The minimum Gasteiger partial charge on any atom is -0.491 e. The van der Waals surface area contributed by atoms with E-state index in [2.05, 4.69) is 25.0 Å². The van der Waals surface area contributed by atoms with Crippen LogP contribution in [0.25, 0.3) is 11.2 Å². The second-order valence-electron chi connectivity index (χ2n) is 10.2. The number of pyridine rings is 1. The highest BCUT2D eigenvalue weighted by Gasteiger charge is 2.44. The zero-order chi connectivity index (χ0) is 28.5. The van der Waals surface area contributed by atoms with Crippen LogP contribution in [0.1, 0.15) is 25.1 Å². The van der Waals surface area contributed by atoms with Gasteiger partial charge in [0.05, 0.1) is 22.6 Å². The van der Waals surface area contributed by atoms with Gasteiger partial charge in [0.1, 0.15) is 29.2 Å². The zero-order valence-electron chi connectivity index (χ0n) is 22.3. The summed E-state index contributed by atoms with van der Waals surface area (Å²) in [5.74, 6) is 1.02. The fraction of sp³-hybridized carbons (Fsp3) is 0.520. The number of aliphatic hydroxyl groups excluding tert-OH is 1. The lowest BCUT2D eigenvalue weighted by molar-refractivity contribution is -0.0312. The van der Waals surface area contributed by atoms with Crippen molar-refractivity contribution in [1.82, 2.24) is 29.3 Å². The van der Waals surface area contributed by atoms with E-state index in [9.17, 15) is 21.9 Å². The quantitative estimate of drug-likeness (QED) is 0.259. The van der Waals surface area contributed by atoms with Gasteiger partial charge in [-0.1, -0.05) is 6.07 Å². The van der Waals surface area contributed by atoms with Crippen LogP contribution in [-0.2, 0) is 24.8 Å². The zero-order valence-corrected chi connectivity index (χ0v) is 24.0.